The molecule has 2 N–H and O–H groups in total. The summed E-state index contributed by atoms with van der Waals surface area (Å²) < 4.78 is 54.4. The summed E-state index contributed by atoms with van der Waals surface area (Å²) in [5, 5.41) is 2.80. The fraction of sp³-hybridized carbons (Fsp3) is 0.577. The fourth-order valence-corrected chi connectivity index (χ4v) is 6.59. The average Bonchev–Trinajstić information content (AvgIpc) is 3.76. The molecule has 9 nitrogen and oxygen atoms in total. The van der Waals surface area contributed by atoms with Crippen LogP contribution in [0.2, 0.25) is 0 Å². The van der Waals surface area contributed by atoms with Crippen LogP contribution in [-0.2, 0) is 10.0 Å². The molecule has 0 bridgehead atoms. The molecule has 12 heteroatoms. The van der Waals surface area contributed by atoms with Gasteiger partial charge in [0.15, 0.2) is 0 Å². The van der Waals surface area contributed by atoms with Crippen molar-refractivity contribution in [3.05, 3.63) is 35.5 Å². The maximum atomic E-state index is 13.5. The number of piperidine rings is 1. The molecule has 2 aliphatic carbocycles. The van der Waals surface area contributed by atoms with E-state index in [-0.39, 0.29) is 11.8 Å². The van der Waals surface area contributed by atoms with Gasteiger partial charge in [0.2, 0.25) is 16.0 Å². The summed E-state index contributed by atoms with van der Waals surface area (Å²) in [5.41, 5.74) is 2.46. The van der Waals surface area contributed by atoms with Crippen LogP contribution in [0.15, 0.2) is 24.3 Å². The molecule has 1 spiro atoms. The van der Waals surface area contributed by atoms with E-state index in [2.05, 4.69) is 24.9 Å². The predicted octanol–water partition coefficient (Wildman–Crippen LogP) is 4.17. The highest BCUT2D eigenvalue weighted by Crippen LogP contribution is 2.54. The van der Waals surface area contributed by atoms with Crippen molar-refractivity contribution >= 4 is 39.1 Å². The fourth-order valence-electron chi connectivity index (χ4n) is 5.27. The van der Waals surface area contributed by atoms with E-state index in [9.17, 15) is 22.0 Å². The number of carbonyl (C=O) groups is 1. The van der Waals surface area contributed by atoms with Crippen molar-refractivity contribution in [3.8, 4) is 0 Å². The first kappa shape index (κ1) is 25.3. The number of aryl methyl sites for hydroxylation is 1. The molecule has 2 saturated carbocycles. The van der Waals surface area contributed by atoms with E-state index in [1.807, 2.05) is 0 Å². The summed E-state index contributed by atoms with van der Waals surface area (Å²) >= 11 is 0. The molecule has 1 aromatic heterocycles. The summed E-state index contributed by atoms with van der Waals surface area (Å²) in [7, 11) is -3.54. The largest absolute Gasteiger partial charge is 0.371 e. The first-order valence-corrected chi connectivity index (χ1v) is 14.6. The van der Waals surface area contributed by atoms with Crippen molar-refractivity contribution < 1.29 is 22.0 Å². The van der Waals surface area contributed by atoms with Crippen LogP contribution in [0.5, 0.6) is 0 Å². The number of aromatic nitrogens is 2. The van der Waals surface area contributed by atoms with E-state index in [1.54, 1.807) is 38.1 Å². The minimum Gasteiger partial charge on any atom is -0.371 e. The monoisotopic (exact) mass is 546 g/mol. The SMILES string of the molecule is Cc1cc(NC(=O)c2ccc(NS(=O)(=O)C3(C)CC3)cc2N2CCC3(CC2)CC3)nc(N2CC(F)(F)C2)n1. The average molecular weight is 547 g/mol. The second-order valence-electron chi connectivity index (χ2n) is 11.6. The van der Waals surface area contributed by atoms with Gasteiger partial charge in [-0.2, -0.15) is 4.98 Å². The number of hydrogen-bond acceptors (Lipinski definition) is 7. The van der Waals surface area contributed by atoms with Gasteiger partial charge in [0, 0.05) is 24.8 Å². The number of halogens is 2. The van der Waals surface area contributed by atoms with Gasteiger partial charge in [0.25, 0.3) is 11.8 Å². The number of nitrogens with zero attached hydrogens (tertiary/aromatic N) is 4. The van der Waals surface area contributed by atoms with Crippen LogP contribution < -0.4 is 19.8 Å². The van der Waals surface area contributed by atoms with Gasteiger partial charge < -0.3 is 15.1 Å². The molecule has 1 aromatic carbocycles. The molecule has 2 saturated heterocycles. The van der Waals surface area contributed by atoms with Crippen LogP contribution in [0.4, 0.5) is 31.9 Å². The number of carbonyl (C=O) groups excluding carboxylic acids is 1. The van der Waals surface area contributed by atoms with Crippen molar-refractivity contribution in [2.45, 2.75) is 63.0 Å². The number of benzene rings is 1. The molecule has 0 radical (unpaired) electrons. The highest BCUT2D eigenvalue weighted by molar-refractivity contribution is 7.94. The topological polar surface area (TPSA) is 108 Å². The lowest BCUT2D eigenvalue weighted by Gasteiger charge is -2.38. The van der Waals surface area contributed by atoms with Gasteiger partial charge in [-0.05, 0) is 76.0 Å². The quantitative estimate of drug-likeness (QED) is 0.537. The lowest BCUT2D eigenvalue weighted by atomic mass is 9.93. The number of anilines is 4. The van der Waals surface area contributed by atoms with Crippen LogP contribution in [0.1, 0.15) is 61.5 Å². The molecule has 4 aliphatic rings. The Morgan fingerprint density at radius 1 is 0.974 bits per heavy atom. The van der Waals surface area contributed by atoms with Crippen molar-refractivity contribution in [1.29, 1.82) is 0 Å². The van der Waals surface area contributed by atoms with Crippen LogP contribution in [0.3, 0.4) is 0 Å². The van der Waals surface area contributed by atoms with Crippen molar-refractivity contribution in [2.75, 3.05) is 46.0 Å². The van der Waals surface area contributed by atoms with E-state index in [1.165, 1.54) is 17.7 Å². The minimum absolute atomic E-state index is 0.149. The highest BCUT2D eigenvalue weighted by atomic mass is 32.2. The van der Waals surface area contributed by atoms with Crippen LogP contribution in [-0.4, -0.2) is 61.1 Å². The maximum Gasteiger partial charge on any atom is 0.282 e. The number of alkyl halides is 2. The second-order valence-corrected chi connectivity index (χ2v) is 13.8. The third-order valence-electron chi connectivity index (χ3n) is 8.43. The van der Waals surface area contributed by atoms with E-state index in [0.717, 1.165) is 25.9 Å². The van der Waals surface area contributed by atoms with Gasteiger partial charge in [-0.25, -0.2) is 22.2 Å². The van der Waals surface area contributed by atoms with Gasteiger partial charge >= 0.3 is 0 Å². The predicted molar refractivity (Wildman–Crippen MR) is 142 cm³/mol. The smallest absolute Gasteiger partial charge is 0.282 e. The number of hydrogen-bond donors (Lipinski definition) is 2. The number of nitrogens with one attached hydrogen (secondary N) is 2. The molecule has 3 heterocycles. The van der Waals surface area contributed by atoms with Crippen LogP contribution >= 0.6 is 0 Å². The number of sulfonamides is 1. The summed E-state index contributed by atoms with van der Waals surface area (Å²) in [6.07, 6.45) is 5.81. The third-order valence-corrected chi connectivity index (χ3v) is 10.6. The molecule has 1 amide bonds. The van der Waals surface area contributed by atoms with Crippen molar-refractivity contribution in [3.63, 3.8) is 0 Å². The molecule has 38 heavy (non-hydrogen) atoms. The second kappa shape index (κ2) is 8.49. The zero-order chi connectivity index (χ0) is 26.9. The van der Waals surface area contributed by atoms with Gasteiger partial charge in [-0.3, -0.25) is 9.52 Å². The third kappa shape index (κ3) is 4.78. The van der Waals surface area contributed by atoms with Crippen molar-refractivity contribution in [2.24, 2.45) is 5.41 Å². The summed E-state index contributed by atoms with van der Waals surface area (Å²) in [6, 6.07) is 6.56. The standard InChI is InChI=1S/C26H32F2N6O3S/c1-17-13-21(31-23(29-17)34-15-26(27,28)16-34)30-22(35)19-4-3-18(32-38(36,37)24(2)5-6-24)14-20(19)33-11-9-25(7-8-25)10-12-33/h3-4,13-14,32H,5-12,15-16H2,1-2H3,(H,29,30,31,35). The Morgan fingerprint density at radius 3 is 2.26 bits per heavy atom. The van der Waals surface area contributed by atoms with Crippen molar-refractivity contribution in [1.82, 2.24) is 9.97 Å². The lowest BCUT2D eigenvalue weighted by molar-refractivity contribution is -0.0271. The first-order chi connectivity index (χ1) is 17.9. The zero-order valence-corrected chi connectivity index (χ0v) is 22.4. The Labute approximate surface area is 221 Å². The maximum absolute atomic E-state index is 13.5. The Morgan fingerprint density at radius 2 is 1.66 bits per heavy atom. The Balaban J connectivity index is 1.26. The molecule has 204 valence electrons. The van der Waals surface area contributed by atoms with E-state index < -0.39 is 39.7 Å². The lowest BCUT2D eigenvalue weighted by Crippen LogP contribution is -2.57. The summed E-state index contributed by atoms with van der Waals surface area (Å²) in [6.45, 7) is 4.11. The first-order valence-electron chi connectivity index (χ1n) is 13.1. The molecule has 2 aliphatic heterocycles. The van der Waals surface area contributed by atoms with Gasteiger partial charge in [-0.1, -0.05) is 0 Å². The normalized spacial score (nSPS) is 22.5. The van der Waals surface area contributed by atoms with E-state index in [0.29, 0.717) is 40.9 Å². The summed E-state index contributed by atoms with van der Waals surface area (Å²) in [4.78, 5) is 25.5. The molecular weight excluding hydrogens is 514 g/mol. The van der Waals surface area contributed by atoms with E-state index in [4.69, 9.17) is 0 Å². The van der Waals surface area contributed by atoms with E-state index >= 15 is 0 Å². The van der Waals surface area contributed by atoms with Gasteiger partial charge in [0.05, 0.1) is 34.8 Å². The Hall–Kier alpha value is -3.02. The zero-order valence-electron chi connectivity index (χ0n) is 21.6. The van der Waals surface area contributed by atoms with Gasteiger partial charge in [-0.15, -0.1) is 0 Å². The summed E-state index contributed by atoms with van der Waals surface area (Å²) in [5.74, 6) is -2.80. The highest BCUT2D eigenvalue weighted by Gasteiger charge is 2.50. The molecule has 4 fully saturated rings. The molecule has 0 atom stereocenters. The van der Waals surface area contributed by atoms with Gasteiger partial charge in [0.1, 0.15) is 5.82 Å². The Bertz CT molecular complexity index is 1390. The molecule has 6 rings (SSSR count). The van der Waals surface area contributed by atoms with Crippen LogP contribution in [0.25, 0.3) is 0 Å². The Kier molecular flexibility index (Phi) is 5.65. The molecule has 0 unspecified atom stereocenters. The number of rotatable bonds is 7. The molecular formula is C26H32F2N6O3S. The number of amides is 1. The van der Waals surface area contributed by atoms with Crippen LogP contribution in [0, 0.1) is 12.3 Å². The molecule has 2 aromatic rings. The minimum atomic E-state index is -3.54.